The summed E-state index contributed by atoms with van der Waals surface area (Å²) in [6, 6.07) is 5.10. The van der Waals surface area contributed by atoms with Gasteiger partial charge in [-0.25, -0.2) is 8.42 Å². The first-order chi connectivity index (χ1) is 16.1. The molecule has 3 heterocycles. The van der Waals surface area contributed by atoms with Crippen molar-refractivity contribution in [3.63, 3.8) is 0 Å². The Morgan fingerprint density at radius 2 is 2.00 bits per heavy atom. The van der Waals surface area contributed by atoms with Gasteiger partial charge in [0.2, 0.25) is 15.9 Å². The van der Waals surface area contributed by atoms with Crippen molar-refractivity contribution in [2.45, 2.75) is 56.6 Å². The molecule has 2 aliphatic heterocycles. The van der Waals surface area contributed by atoms with Crippen LogP contribution < -0.4 is 10.6 Å². The number of anilines is 2. The molecule has 11 heteroatoms. The van der Waals surface area contributed by atoms with Crippen LogP contribution in [0.2, 0.25) is 0 Å². The fourth-order valence-corrected chi connectivity index (χ4v) is 5.35. The van der Waals surface area contributed by atoms with Crippen molar-refractivity contribution in [2.24, 2.45) is 0 Å². The number of nitrogens with zero attached hydrogens (tertiary/aromatic N) is 3. The van der Waals surface area contributed by atoms with E-state index in [1.54, 1.807) is 18.2 Å². The zero-order valence-electron chi connectivity index (χ0n) is 19.1. The molecule has 0 radical (unpaired) electrons. The number of morpholine rings is 1. The van der Waals surface area contributed by atoms with Gasteiger partial charge in [0.1, 0.15) is 0 Å². The van der Waals surface area contributed by atoms with Crippen molar-refractivity contribution in [2.75, 3.05) is 50.1 Å². The van der Waals surface area contributed by atoms with Gasteiger partial charge in [0.15, 0.2) is 5.82 Å². The molecule has 33 heavy (non-hydrogen) atoms. The second-order valence-corrected chi connectivity index (χ2v) is 10.2. The number of hydrogen-bond donors (Lipinski definition) is 2. The summed E-state index contributed by atoms with van der Waals surface area (Å²) in [7, 11) is -3.61. The number of ether oxygens (including phenoxy) is 2. The highest BCUT2D eigenvalue weighted by atomic mass is 32.2. The van der Waals surface area contributed by atoms with Crippen LogP contribution in [0.4, 0.5) is 11.4 Å². The summed E-state index contributed by atoms with van der Waals surface area (Å²) in [5, 5.41) is 10.7. The molecule has 4 rings (SSSR count). The second kappa shape index (κ2) is 11.3. The average molecular weight is 480 g/mol. The molecule has 1 aromatic heterocycles. The predicted molar refractivity (Wildman–Crippen MR) is 124 cm³/mol. The van der Waals surface area contributed by atoms with Gasteiger partial charge < -0.3 is 24.6 Å². The number of sulfonamides is 1. The van der Waals surface area contributed by atoms with Crippen molar-refractivity contribution in [3.8, 4) is 0 Å². The highest BCUT2D eigenvalue weighted by Crippen LogP contribution is 2.29. The molecule has 0 amide bonds. The Labute approximate surface area is 195 Å². The van der Waals surface area contributed by atoms with Gasteiger partial charge in [-0.2, -0.15) is 9.29 Å². The van der Waals surface area contributed by atoms with E-state index in [1.165, 1.54) is 4.31 Å². The Hall–Kier alpha value is -2.21. The molecule has 0 saturated carbocycles. The topological polar surface area (TPSA) is 119 Å². The van der Waals surface area contributed by atoms with E-state index in [4.69, 9.17) is 14.0 Å². The molecule has 10 nitrogen and oxygen atoms in total. The van der Waals surface area contributed by atoms with E-state index in [2.05, 4.69) is 27.7 Å². The van der Waals surface area contributed by atoms with Gasteiger partial charge in [-0.1, -0.05) is 18.5 Å². The smallest absolute Gasteiger partial charge is 0.245 e. The third kappa shape index (κ3) is 6.23. The number of rotatable bonds is 11. The Balaban J connectivity index is 1.51. The number of hydrogen-bond acceptors (Lipinski definition) is 9. The Kier molecular flexibility index (Phi) is 8.18. The van der Waals surface area contributed by atoms with E-state index in [0.717, 1.165) is 44.4 Å². The van der Waals surface area contributed by atoms with Crippen LogP contribution in [0.15, 0.2) is 27.6 Å². The first-order valence-corrected chi connectivity index (χ1v) is 13.1. The molecule has 1 atom stereocenters. The SMILES string of the molecule is CCCCc1noc(CNc2cc(S(=O)(=O)N3CCOCC3)ccc2NCC2CCCO2)n1. The molecule has 0 spiro atoms. The number of aromatic nitrogens is 2. The maximum Gasteiger partial charge on any atom is 0.245 e. The molecule has 2 saturated heterocycles. The Morgan fingerprint density at radius 3 is 2.76 bits per heavy atom. The summed E-state index contributed by atoms with van der Waals surface area (Å²) < 4.78 is 44.1. The monoisotopic (exact) mass is 479 g/mol. The van der Waals surface area contributed by atoms with Crippen LogP contribution in [0.5, 0.6) is 0 Å². The van der Waals surface area contributed by atoms with Gasteiger partial charge in [0.25, 0.3) is 0 Å². The fourth-order valence-electron chi connectivity index (χ4n) is 3.92. The van der Waals surface area contributed by atoms with Gasteiger partial charge in [0, 0.05) is 32.7 Å². The van der Waals surface area contributed by atoms with Crippen molar-refractivity contribution in [1.29, 1.82) is 0 Å². The summed E-state index contributed by atoms with van der Waals surface area (Å²) in [6.07, 6.45) is 5.08. The van der Waals surface area contributed by atoms with Gasteiger partial charge in [-0.15, -0.1) is 0 Å². The van der Waals surface area contributed by atoms with E-state index in [1.807, 2.05) is 0 Å². The molecular weight excluding hydrogens is 446 g/mol. The largest absolute Gasteiger partial charge is 0.381 e. The molecule has 2 aliphatic rings. The lowest BCUT2D eigenvalue weighted by atomic mass is 10.2. The molecule has 182 valence electrons. The second-order valence-electron chi connectivity index (χ2n) is 8.30. The summed E-state index contributed by atoms with van der Waals surface area (Å²) in [6.45, 7) is 5.38. The highest BCUT2D eigenvalue weighted by Gasteiger charge is 2.27. The quantitative estimate of drug-likeness (QED) is 0.501. The standard InChI is InChI=1S/C22H33N5O5S/c1-2-3-6-21-25-22(32-26-21)16-24-20-14-18(33(28,29)27-9-12-30-13-10-27)7-8-19(20)23-15-17-5-4-11-31-17/h7-8,14,17,23-24H,2-6,9-13,15-16H2,1H3. The average Bonchev–Trinajstić information content (AvgIpc) is 3.53. The van der Waals surface area contributed by atoms with Crippen LogP contribution in [-0.4, -0.2) is 68.4 Å². The molecular formula is C22H33N5O5S. The number of unbranched alkanes of at least 4 members (excludes halogenated alkanes) is 1. The zero-order chi connectivity index (χ0) is 23.1. The summed E-state index contributed by atoms with van der Waals surface area (Å²) >= 11 is 0. The predicted octanol–water partition coefficient (Wildman–Crippen LogP) is 2.64. The first kappa shape index (κ1) is 23.9. The fraction of sp³-hybridized carbons (Fsp3) is 0.636. The summed E-state index contributed by atoms with van der Waals surface area (Å²) in [4.78, 5) is 4.66. The normalized spacial score (nSPS) is 19.6. The lowest BCUT2D eigenvalue weighted by Crippen LogP contribution is -2.40. The van der Waals surface area contributed by atoms with E-state index < -0.39 is 10.0 Å². The first-order valence-electron chi connectivity index (χ1n) is 11.7. The van der Waals surface area contributed by atoms with Gasteiger partial charge >= 0.3 is 0 Å². The molecule has 2 N–H and O–H groups in total. The number of benzene rings is 1. The third-order valence-electron chi connectivity index (χ3n) is 5.84. The van der Waals surface area contributed by atoms with E-state index in [9.17, 15) is 8.42 Å². The van der Waals surface area contributed by atoms with Crippen LogP contribution in [0.25, 0.3) is 0 Å². The van der Waals surface area contributed by atoms with Crippen LogP contribution >= 0.6 is 0 Å². The van der Waals surface area contributed by atoms with E-state index in [-0.39, 0.29) is 11.0 Å². The van der Waals surface area contributed by atoms with Crippen molar-refractivity contribution in [3.05, 3.63) is 29.9 Å². The lowest BCUT2D eigenvalue weighted by Gasteiger charge is -2.26. The van der Waals surface area contributed by atoms with Gasteiger partial charge in [0.05, 0.1) is 42.1 Å². The molecule has 1 aromatic carbocycles. The number of aryl methyl sites for hydroxylation is 1. The highest BCUT2D eigenvalue weighted by molar-refractivity contribution is 7.89. The van der Waals surface area contributed by atoms with E-state index >= 15 is 0 Å². The van der Waals surface area contributed by atoms with Crippen molar-refractivity contribution in [1.82, 2.24) is 14.4 Å². The maximum absolute atomic E-state index is 13.2. The minimum atomic E-state index is -3.61. The van der Waals surface area contributed by atoms with Crippen LogP contribution in [0.1, 0.15) is 44.3 Å². The van der Waals surface area contributed by atoms with Crippen LogP contribution in [0, 0.1) is 0 Å². The van der Waals surface area contributed by atoms with Crippen molar-refractivity contribution >= 4 is 21.4 Å². The lowest BCUT2D eigenvalue weighted by molar-refractivity contribution is 0.0730. The minimum absolute atomic E-state index is 0.159. The zero-order valence-corrected chi connectivity index (χ0v) is 19.9. The van der Waals surface area contributed by atoms with Crippen LogP contribution in [-0.2, 0) is 32.5 Å². The third-order valence-corrected chi connectivity index (χ3v) is 7.73. The molecule has 0 aliphatic carbocycles. The molecule has 2 fully saturated rings. The number of nitrogens with one attached hydrogen (secondary N) is 2. The summed E-state index contributed by atoms with van der Waals surface area (Å²) in [5.74, 6) is 1.15. The van der Waals surface area contributed by atoms with Crippen molar-refractivity contribution < 1.29 is 22.4 Å². The molecule has 2 aromatic rings. The Bertz CT molecular complexity index is 1000. The minimum Gasteiger partial charge on any atom is -0.381 e. The van der Waals surface area contributed by atoms with Gasteiger partial charge in [-0.3, -0.25) is 0 Å². The van der Waals surface area contributed by atoms with Crippen LogP contribution in [0.3, 0.4) is 0 Å². The molecule has 1 unspecified atom stereocenters. The Morgan fingerprint density at radius 1 is 1.15 bits per heavy atom. The maximum atomic E-state index is 13.2. The summed E-state index contributed by atoms with van der Waals surface area (Å²) in [5.41, 5.74) is 1.47. The molecule has 0 bridgehead atoms. The van der Waals surface area contributed by atoms with Gasteiger partial charge in [-0.05, 0) is 37.5 Å². The van der Waals surface area contributed by atoms with E-state index in [0.29, 0.717) is 56.8 Å².